The van der Waals surface area contributed by atoms with Crippen LogP contribution in [0, 0.1) is 0 Å². The normalized spacial score (nSPS) is 10.3. The third-order valence-electron chi connectivity index (χ3n) is 4.05. The number of benzene rings is 3. The Morgan fingerprint density at radius 2 is 1.46 bits per heavy atom. The zero-order valence-corrected chi connectivity index (χ0v) is 15.8. The Hall–Kier alpha value is -3.22. The van der Waals surface area contributed by atoms with E-state index >= 15 is 0 Å². The van der Waals surface area contributed by atoms with Crippen LogP contribution in [0.3, 0.4) is 0 Å². The van der Waals surface area contributed by atoms with Crippen molar-refractivity contribution in [3.05, 3.63) is 96.1 Å². The highest BCUT2D eigenvalue weighted by Crippen LogP contribution is 2.22. The molecule has 7 heteroatoms. The van der Waals surface area contributed by atoms with Crippen molar-refractivity contribution in [1.82, 2.24) is 25.5 Å². The molecule has 0 aliphatic heterocycles. The van der Waals surface area contributed by atoms with Gasteiger partial charge in [-0.1, -0.05) is 65.8 Å². The van der Waals surface area contributed by atoms with E-state index in [9.17, 15) is 0 Å². The lowest BCUT2D eigenvalue weighted by Gasteiger charge is -2.09. The van der Waals surface area contributed by atoms with Crippen molar-refractivity contribution >= 4 is 0 Å². The summed E-state index contributed by atoms with van der Waals surface area (Å²) < 4.78 is 7.48. The predicted molar refractivity (Wildman–Crippen MR) is 103 cm³/mol. The van der Waals surface area contributed by atoms with Gasteiger partial charge >= 0.3 is 6.01 Å². The summed E-state index contributed by atoms with van der Waals surface area (Å²) in [7, 11) is 0. The number of ether oxygens (including phenoxy) is 1. The first-order valence-electron chi connectivity index (χ1n) is 8.74. The third-order valence-corrected chi connectivity index (χ3v) is 4.05. The number of para-hydroxylation sites is 1. The Morgan fingerprint density at radius 3 is 2.25 bits per heavy atom. The van der Waals surface area contributed by atoms with Crippen LogP contribution in [0.2, 0.25) is 0 Å². The van der Waals surface area contributed by atoms with Crippen LogP contribution in [-0.2, 0) is 13.1 Å². The minimum atomic E-state index is 0. The molecule has 0 saturated heterocycles. The number of hydrogen-bond donors (Lipinski definition) is 1. The Labute approximate surface area is 169 Å². The molecule has 0 spiro atoms. The standard InChI is InChI=1S/C21H19N5O.ClH/c1-3-8-17(9-4-1)15-22-16-18-10-7-13-20(14-18)27-21-23-24-25-26(21)19-11-5-2-6-12-19;/h1-14,22H,15-16H2;1H/p-1. The van der Waals surface area contributed by atoms with Crippen LogP contribution in [0.15, 0.2) is 84.9 Å². The monoisotopic (exact) mass is 392 g/mol. The Balaban J connectivity index is 0.00000225. The molecule has 0 unspecified atom stereocenters. The second kappa shape index (κ2) is 9.64. The predicted octanol–water partition coefficient (Wildman–Crippen LogP) is 0.748. The van der Waals surface area contributed by atoms with Gasteiger partial charge in [-0.15, -0.1) is 0 Å². The summed E-state index contributed by atoms with van der Waals surface area (Å²) in [6.45, 7) is 1.56. The highest BCUT2D eigenvalue weighted by atomic mass is 35.5. The van der Waals surface area contributed by atoms with Gasteiger partial charge in [0.1, 0.15) is 5.75 Å². The van der Waals surface area contributed by atoms with Crippen LogP contribution in [0.5, 0.6) is 11.8 Å². The molecule has 6 nitrogen and oxygen atoms in total. The van der Waals surface area contributed by atoms with E-state index in [1.807, 2.05) is 66.7 Å². The molecule has 142 valence electrons. The van der Waals surface area contributed by atoms with E-state index in [1.54, 1.807) is 4.68 Å². The zero-order chi connectivity index (χ0) is 18.3. The number of rotatable bonds is 7. The van der Waals surface area contributed by atoms with Crippen LogP contribution in [0.25, 0.3) is 5.69 Å². The van der Waals surface area contributed by atoms with Crippen molar-refractivity contribution in [2.45, 2.75) is 13.1 Å². The van der Waals surface area contributed by atoms with Gasteiger partial charge in [0.2, 0.25) is 0 Å². The van der Waals surface area contributed by atoms with Gasteiger partial charge in [0.05, 0.1) is 5.69 Å². The lowest BCUT2D eigenvalue weighted by atomic mass is 10.2. The van der Waals surface area contributed by atoms with Crippen molar-refractivity contribution in [2.24, 2.45) is 0 Å². The maximum Gasteiger partial charge on any atom is 0.345 e. The van der Waals surface area contributed by atoms with E-state index in [0.29, 0.717) is 11.8 Å². The summed E-state index contributed by atoms with van der Waals surface area (Å²) in [4.78, 5) is 0. The summed E-state index contributed by atoms with van der Waals surface area (Å²) in [5.74, 6) is 0.695. The van der Waals surface area contributed by atoms with Crippen LogP contribution >= 0.6 is 0 Å². The maximum absolute atomic E-state index is 5.91. The molecule has 4 aromatic rings. The smallest absolute Gasteiger partial charge is 0.345 e. The lowest BCUT2D eigenvalue weighted by Crippen LogP contribution is -3.00. The van der Waals surface area contributed by atoms with E-state index in [4.69, 9.17) is 4.74 Å². The maximum atomic E-state index is 5.91. The number of nitrogens with one attached hydrogen (secondary N) is 1. The van der Waals surface area contributed by atoms with E-state index in [-0.39, 0.29) is 12.4 Å². The van der Waals surface area contributed by atoms with Gasteiger partial charge in [-0.3, -0.25) is 0 Å². The molecule has 0 aliphatic carbocycles. The van der Waals surface area contributed by atoms with Gasteiger partial charge in [0.25, 0.3) is 0 Å². The minimum Gasteiger partial charge on any atom is -1.00 e. The number of nitrogens with zero attached hydrogens (tertiary/aromatic N) is 4. The van der Waals surface area contributed by atoms with Gasteiger partial charge in [0, 0.05) is 13.1 Å². The Bertz CT molecular complexity index is 992. The van der Waals surface area contributed by atoms with E-state index in [2.05, 4.69) is 39.0 Å². The second-order valence-corrected chi connectivity index (χ2v) is 6.05. The van der Waals surface area contributed by atoms with Gasteiger partial charge in [0.15, 0.2) is 0 Å². The molecule has 4 rings (SSSR count). The van der Waals surface area contributed by atoms with E-state index in [1.165, 1.54) is 5.56 Å². The molecule has 1 heterocycles. The van der Waals surface area contributed by atoms with Gasteiger partial charge in [-0.05, 0) is 45.8 Å². The van der Waals surface area contributed by atoms with Crippen molar-refractivity contribution in [3.8, 4) is 17.4 Å². The summed E-state index contributed by atoms with van der Waals surface area (Å²) >= 11 is 0. The van der Waals surface area contributed by atoms with Gasteiger partial charge in [-0.2, -0.15) is 4.68 Å². The van der Waals surface area contributed by atoms with Gasteiger partial charge < -0.3 is 22.5 Å². The largest absolute Gasteiger partial charge is 1.00 e. The molecular weight excluding hydrogens is 374 g/mol. The van der Waals surface area contributed by atoms with Crippen molar-refractivity contribution in [2.75, 3.05) is 0 Å². The van der Waals surface area contributed by atoms with Crippen molar-refractivity contribution in [3.63, 3.8) is 0 Å². The first kappa shape index (κ1) is 19.5. The molecule has 1 N–H and O–H groups in total. The first-order valence-corrected chi connectivity index (χ1v) is 8.74. The average Bonchev–Trinajstić information content (AvgIpc) is 3.18. The highest BCUT2D eigenvalue weighted by molar-refractivity contribution is 5.34. The fourth-order valence-electron chi connectivity index (χ4n) is 2.75. The van der Waals surface area contributed by atoms with Crippen LogP contribution in [0.1, 0.15) is 11.1 Å². The fourth-order valence-corrected chi connectivity index (χ4v) is 2.75. The lowest BCUT2D eigenvalue weighted by molar-refractivity contribution is -0.00000622. The molecular formula is C21H19ClN5O-. The molecule has 0 bridgehead atoms. The summed E-state index contributed by atoms with van der Waals surface area (Å²) in [5.41, 5.74) is 3.23. The Morgan fingerprint density at radius 1 is 0.786 bits per heavy atom. The number of hydrogen-bond acceptors (Lipinski definition) is 5. The third kappa shape index (κ3) is 4.94. The minimum absolute atomic E-state index is 0. The quantitative estimate of drug-likeness (QED) is 0.503. The fraction of sp³-hybridized carbons (Fsp3) is 0.0952. The van der Waals surface area contributed by atoms with Crippen LogP contribution < -0.4 is 22.5 Å². The molecule has 3 aromatic carbocycles. The zero-order valence-electron chi connectivity index (χ0n) is 15.1. The summed E-state index contributed by atoms with van der Waals surface area (Å²) in [6.07, 6.45) is 0. The number of aromatic nitrogens is 4. The van der Waals surface area contributed by atoms with E-state index < -0.39 is 0 Å². The first-order chi connectivity index (χ1) is 13.4. The molecule has 0 aliphatic rings. The molecule has 0 atom stereocenters. The molecule has 28 heavy (non-hydrogen) atoms. The van der Waals surface area contributed by atoms with E-state index in [0.717, 1.165) is 24.3 Å². The number of tetrazole rings is 1. The molecule has 0 saturated carbocycles. The Kier molecular flexibility index (Phi) is 6.73. The topological polar surface area (TPSA) is 64.9 Å². The summed E-state index contributed by atoms with van der Waals surface area (Å²) in [5, 5.41) is 15.2. The number of halogens is 1. The molecule has 1 aromatic heterocycles. The van der Waals surface area contributed by atoms with Crippen molar-refractivity contribution < 1.29 is 17.1 Å². The SMILES string of the molecule is [Cl-].c1ccc(CNCc2cccc(Oc3nnnn3-c3ccccc3)c2)cc1. The molecule has 0 radical (unpaired) electrons. The van der Waals surface area contributed by atoms with Crippen LogP contribution in [0.4, 0.5) is 0 Å². The van der Waals surface area contributed by atoms with Gasteiger partial charge in [-0.25, -0.2) is 0 Å². The van der Waals surface area contributed by atoms with Crippen LogP contribution in [-0.4, -0.2) is 20.2 Å². The average molecular weight is 393 g/mol. The van der Waals surface area contributed by atoms with Crippen molar-refractivity contribution in [1.29, 1.82) is 0 Å². The summed E-state index contributed by atoms with van der Waals surface area (Å²) in [6, 6.07) is 28.2. The molecule has 0 amide bonds. The molecule has 0 fully saturated rings. The second-order valence-electron chi connectivity index (χ2n) is 6.05. The highest BCUT2D eigenvalue weighted by Gasteiger charge is 2.10.